The molecule has 3 nitrogen and oxygen atoms in total. The maximum Gasteiger partial charge on any atom is 0.311 e. The summed E-state index contributed by atoms with van der Waals surface area (Å²) < 4.78 is 9.93. The zero-order valence-electron chi connectivity index (χ0n) is 7.71. The van der Waals surface area contributed by atoms with E-state index in [-0.39, 0.29) is 18.0 Å². The van der Waals surface area contributed by atoms with Crippen molar-refractivity contribution in [2.45, 2.75) is 31.8 Å². The third kappa shape index (κ3) is 1.97. The highest BCUT2D eigenvalue weighted by Crippen LogP contribution is 2.27. The van der Waals surface area contributed by atoms with Crippen LogP contribution in [0, 0.1) is 5.92 Å². The fourth-order valence-corrected chi connectivity index (χ4v) is 1.80. The zero-order valence-corrected chi connectivity index (χ0v) is 7.71. The average Bonchev–Trinajstić information content (AvgIpc) is 2.16. The second-order valence-corrected chi connectivity index (χ2v) is 3.19. The van der Waals surface area contributed by atoms with Crippen LogP contribution in [0.25, 0.3) is 0 Å². The van der Waals surface area contributed by atoms with Crippen molar-refractivity contribution in [1.29, 1.82) is 0 Å². The summed E-state index contributed by atoms with van der Waals surface area (Å²) in [4.78, 5) is 11.2. The summed E-state index contributed by atoms with van der Waals surface area (Å²) >= 11 is 0. The Labute approximate surface area is 73.0 Å². The first-order valence-corrected chi connectivity index (χ1v) is 4.40. The first-order chi connectivity index (χ1) is 5.79. The molecule has 3 heteroatoms. The minimum absolute atomic E-state index is 0.0336. The van der Waals surface area contributed by atoms with Crippen LogP contribution >= 0.6 is 0 Å². The summed E-state index contributed by atoms with van der Waals surface area (Å²) in [5.41, 5.74) is 0. The fourth-order valence-electron chi connectivity index (χ4n) is 1.80. The van der Waals surface area contributed by atoms with Crippen LogP contribution in [0.3, 0.4) is 0 Å². The molecule has 0 radical (unpaired) electrons. The maximum atomic E-state index is 11.2. The van der Waals surface area contributed by atoms with Gasteiger partial charge in [0.2, 0.25) is 0 Å². The van der Waals surface area contributed by atoms with Crippen LogP contribution in [-0.2, 0) is 14.3 Å². The Balaban J connectivity index is 2.52. The average molecular weight is 172 g/mol. The molecule has 0 aromatic heterocycles. The molecule has 1 fully saturated rings. The molecule has 0 N–H and O–H groups in total. The van der Waals surface area contributed by atoms with Crippen molar-refractivity contribution >= 4 is 5.97 Å². The Kier molecular flexibility index (Phi) is 3.53. The van der Waals surface area contributed by atoms with Gasteiger partial charge >= 0.3 is 5.97 Å². The van der Waals surface area contributed by atoms with Crippen LogP contribution in [0.1, 0.15) is 25.7 Å². The van der Waals surface area contributed by atoms with Crippen molar-refractivity contribution in [3.63, 3.8) is 0 Å². The first kappa shape index (κ1) is 9.52. The van der Waals surface area contributed by atoms with Crippen LogP contribution in [-0.4, -0.2) is 26.3 Å². The number of methoxy groups -OCH3 is 2. The molecule has 0 aromatic rings. The zero-order chi connectivity index (χ0) is 8.97. The van der Waals surface area contributed by atoms with Gasteiger partial charge in [-0.3, -0.25) is 4.79 Å². The van der Waals surface area contributed by atoms with Crippen LogP contribution in [0.5, 0.6) is 0 Å². The monoisotopic (exact) mass is 172 g/mol. The lowest BCUT2D eigenvalue weighted by Crippen LogP contribution is -2.33. The second-order valence-electron chi connectivity index (χ2n) is 3.19. The van der Waals surface area contributed by atoms with E-state index in [9.17, 15) is 4.79 Å². The topological polar surface area (TPSA) is 35.5 Å². The summed E-state index contributed by atoms with van der Waals surface area (Å²) in [5.74, 6) is -0.157. The van der Waals surface area contributed by atoms with E-state index in [1.54, 1.807) is 7.11 Å². The SMILES string of the molecule is COC(=O)C1CCCCC1OC. The van der Waals surface area contributed by atoms with Crippen molar-refractivity contribution < 1.29 is 14.3 Å². The van der Waals surface area contributed by atoms with Crippen molar-refractivity contribution in [2.24, 2.45) is 5.92 Å². The summed E-state index contributed by atoms with van der Waals surface area (Å²) in [6.45, 7) is 0. The highest BCUT2D eigenvalue weighted by molar-refractivity contribution is 5.73. The number of esters is 1. The molecule has 0 spiro atoms. The smallest absolute Gasteiger partial charge is 0.311 e. The molecule has 0 aliphatic heterocycles. The standard InChI is InChI=1S/C9H16O3/c1-11-8-6-4-3-5-7(8)9(10)12-2/h7-8H,3-6H2,1-2H3. The molecule has 1 rings (SSSR count). The normalized spacial score (nSPS) is 29.8. The largest absolute Gasteiger partial charge is 0.469 e. The fraction of sp³-hybridized carbons (Fsp3) is 0.889. The van der Waals surface area contributed by atoms with Crippen molar-refractivity contribution in [1.82, 2.24) is 0 Å². The first-order valence-electron chi connectivity index (χ1n) is 4.40. The minimum Gasteiger partial charge on any atom is -0.469 e. The summed E-state index contributed by atoms with van der Waals surface area (Å²) in [6, 6.07) is 0. The molecule has 0 bridgehead atoms. The van der Waals surface area contributed by atoms with E-state index < -0.39 is 0 Å². The Morgan fingerprint density at radius 2 is 1.92 bits per heavy atom. The van der Waals surface area contributed by atoms with Crippen molar-refractivity contribution in [3.8, 4) is 0 Å². The number of carbonyl (C=O) groups excluding carboxylic acids is 1. The van der Waals surface area contributed by atoms with Gasteiger partial charge in [0, 0.05) is 7.11 Å². The Morgan fingerprint density at radius 1 is 1.25 bits per heavy atom. The molecule has 0 saturated heterocycles. The molecule has 2 atom stereocenters. The molecule has 1 saturated carbocycles. The van der Waals surface area contributed by atoms with Gasteiger partial charge < -0.3 is 9.47 Å². The van der Waals surface area contributed by atoms with Gasteiger partial charge in [0.05, 0.1) is 19.1 Å². The van der Waals surface area contributed by atoms with E-state index in [0.29, 0.717) is 0 Å². The van der Waals surface area contributed by atoms with Gasteiger partial charge in [-0.15, -0.1) is 0 Å². The quantitative estimate of drug-likeness (QED) is 0.590. The van der Waals surface area contributed by atoms with Crippen LogP contribution in [0.2, 0.25) is 0 Å². The lowest BCUT2D eigenvalue weighted by Gasteiger charge is -2.27. The molecule has 12 heavy (non-hydrogen) atoms. The van der Waals surface area contributed by atoms with Gasteiger partial charge in [-0.25, -0.2) is 0 Å². The molecular formula is C9H16O3. The number of hydrogen-bond acceptors (Lipinski definition) is 3. The Hall–Kier alpha value is -0.570. The molecule has 1 aliphatic carbocycles. The molecule has 70 valence electrons. The molecule has 0 amide bonds. The Bertz CT molecular complexity index is 156. The summed E-state index contributed by atoms with van der Waals surface area (Å²) in [5, 5.41) is 0. The lowest BCUT2D eigenvalue weighted by atomic mass is 9.86. The van der Waals surface area contributed by atoms with Gasteiger partial charge in [0.1, 0.15) is 0 Å². The maximum absolute atomic E-state index is 11.2. The summed E-state index contributed by atoms with van der Waals surface area (Å²) in [7, 11) is 3.09. The number of ether oxygens (including phenoxy) is 2. The van der Waals surface area contributed by atoms with Crippen LogP contribution < -0.4 is 0 Å². The Morgan fingerprint density at radius 3 is 2.50 bits per heavy atom. The minimum atomic E-state index is -0.124. The van der Waals surface area contributed by atoms with Crippen molar-refractivity contribution in [2.75, 3.05) is 14.2 Å². The predicted molar refractivity (Wildman–Crippen MR) is 44.8 cm³/mol. The van der Waals surface area contributed by atoms with Crippen LogP contribution in [0.15, 0.2) is 0 Å². The molecule has 2 unspecified atom stereocenters. The number of hydrogen-bond donors (Lipinski definition) is 0. The van der Waals surface area contributed by atoms with Gasteiger partial charge in [0.15, 0.2) is 0 Å². The molecule has 0 aromatic carbocycles. The summed E-state index contributed by atoms with van der Waals surface area (Å²) in [6.07, 6.45) is 4.23. The van der Waals surface area contributed by atoms with Gasteiger partial charge in [-0.1, -0.05) is 12.8 Å². The van der Waals surface area contributed by atoms with Crippen molar-refractivity contribution in [3.05, 3.63) is 0 Å². The van der Waals surface area contributed by atoms with E-state index in [2.05, 4.69) is 0 Å². The van der Waals surface area contributed by atoms with E-state index in [1.807, 2.05) is 0 Å². The number of carbonyl (C=O) groups is 1. The molecule has 0 heterocycles. The van der Waals surface area contributed by atoms with E-state index in [4.69, 9.17) is 9.47 Å². The molecular weight excluding hydrogens is 156 g/mol. The van der Waals surface area contributed by atoms with Crippen LogP contribution in [0.4, 0.5) is 0 Å². The number of rotatable bonds is 2. The van der Waals surface area contributed by atoms with Gasteiger partial charge in [-0.05, 0) is 12.8 Å². The molecule has 1 aliphatic rings. The predicted octanol–water partition coefficient (Wildman–Crippen LogP) is 1.36. The van der Waals surface area contributed by atoms with Gasteiger partial charge in [-0.2, -0.15) is 0 Å². The van der Waals surface area contributed by atoms with E-state index in [1.165, 1.54) is 7.11 Å². The van der Waals surface area contributed by atoms with Gasteiger partial charge in [0.25, 0.3) is 0 Å². The van der Waals surface area contributed by atoms with E-state index >= 15 is 0 Å². The third-order valence-corrected chi connectivity index (χ3v) is 2.51. The second kappa shape index (κ2) is 4.45. The van der Waals surface area contributed by atoms with E-state index in [0.717, 1.165) is 25.7 Å². The highest BCUT2D eigenvalue weighted by atomic mass is 16.5. The third-order valence-electron chi connectivity index (χ3n) is 2.51. The highest BCUT2D eigenvalue weighted by Gasteiger charge is 2.31. The lowest BCUT2D eigenvalue weighted by molar-refractivity contribution is -0.152.